The van der Waals surface area contributed by atoms with E-state index in [1.807, 2.05) is 13.3 Å². The minimum Gasteiger partial charge on any atom is -0.381 e. The van der Waals surface area contributed by atoms with E-state index >= 15 is 0 Å². The smallest absolute Gasteiger partial charge is 0.0634 e. The summed E-state index contributed by atoms with van der Waals surface area (Å²) in [5.41, 5.74) is 3.88. The molecule has 3 nitrogen and oxygen atoms in total. The fourth-order valence-electron chi connectivity index (χ4n) is 2.32. The summed E-state index contributed by atoms with van der Waals surface area (Å²) in [5, 5.41) is 8.15. The molecule has 0 aliphatic heterocycles. The van der Waals surface area contributed by atoms with E-state index in [4.69, 9.17) is 4.74 Å². The molecule has 0 fully saturated rings. The van der Waals surface area contributed by atoms with Gasteiger partial charge >= 0.3 is 0 Å². The molecule has 2 rings (SSSR count). The summed E-state index contributed by atoms with van der Waals surface area (Å²) in [6.45, 7) is 2.06. The zero-order chi connectivity index (χ0) is 10.7. The molecular formula is C12H18N2O. The van der Waals surface area contributed by atoms with Gasteiger partial charge < -0.3 is 4.74 Å². The molecule has 0 radical (unpaired) electrons. The average molecular weight is 206 g/mol. The van der Waals surface area contributed by atoms with Crippen molar-refractivity contribution in [2.24, 2.45) is 0 Å². The maximum absolute atomic E-state index is 5.44. The Morgan fingerprint density at radius 2 is 2.20 bits per heavy atom. The number of hydrogen-bond donors (Lipinski definition) is 0. The molecule has 0 saturated carbocycles. The van der Waals surface area contributed by atoms with Gasteiger partial charge in [0.15, 0.2) is 0 Å². The number of rotatable bonds is 1. The number of aromatic nitrogens is 2. The summed E-state index contributed by atoms with van der Waals surface area (Å²) >= 11 is 0. The molecule has 3 heteroatoms. The van der Waals surface area contributed by atoms with Crippen LogP contribution >= 0.6 is 0 Å². The highest BCUT2D eigenvalue weighted by molar-refractivity contribution is 5.27. The van der Waals surface area contributed by atoms with Crippen LogP contribution in [0.5, 0.6) is 0 Å². The average Bonchev–Trinajstić information content (AvgIpc) is 2.21. The second-order valence-corrected chi connectivity index (χ2v) is 4.22. The summed E-state index contributed by atoms with van der Waals surface area (Å²) in [4.78, 5) is 0. The van der Waals surface area contributed by atoms with E-state index in [1.165, 1.54) is 17.5 Å². The van der Waals surface area contributed by atoms with Gasteiger partial charge in [-0.1, -0.05) is 0 Å². The van der Waals surface area contributed by atoms with Gasteiger partial charge in [-0.2, -0.15) is 10.2 Å². The standard InChI is InChI=1S/C12H18N2O/c1-9-12-5-3-4-11(15-2)7-6-10(12)8-13-14-9/h8,11H,3-7H2,1-2H3. The third-order valence-electron chi connectivity index (χ3n) is 3.27. The first kappa shape index (κ1) is 10.6. The van der Waals surface area contributed by atoms with Crippen LogP contribution in [0.15, 0.2) is 6.20 Å². The van der Waals surface area contributed by atoms with Crippen molar-refractivity contribution < 1.29 is 4.74 Å². The summed E-state index contributed by atoms with van der Waals surface area (Å²) in [5.74, 6) is 0. The molecule has 1 aliphatic carbocycles. The predicted octanol–water partition coefficient (Wildman–Crippen LogP) is 2.07. The molecule has 0 bridgehead atoms. The van der Waals surface area contributed by atoms with Crippen LogP contribution in [0.1, 0.15) is 36.1 Å². The van der Waals surface area contributed by atoms with Gasteiger partial charge in [0.1, 0.15) is 0 Å². The highest BCUT2D eigenvalue weighted by atomic mass is 16.5. The molecule has 0 amide bonds. The first-order valence-corrected chi connectivity index (χ1v) is 5.64. The van der Waals surface area contributed by atoms with Gasteiger partial charge in [0.05, 0.1) is 18.0 Å². The Labute approximate surface area is 90.9 Å². The third-order valence-corrected chi connectivity index (χ3v) is 3.27. The van der Waals surface area contributed by atoms with Crippen molar-refractivity contribution in [3.63, 3.8) is 0 Å². The normalized spacial score (nSPS) is 21.6. The zero-order valence-electron chi connectivity index (χ0n) is 9.49. The van der Waals surface area contributed by atoms with E-state index in [9.17, 15) is 0 Å². The third kappa shape index (κ3) is 2.34. The Hall–Kier alpha value is -0.960. The van der Waals surface area contributed by atoms with Crippen molar-refractivity contribution >= 4 is 0 Å². The number of methoxy groups -OCH3 is 1. The van der Waals surface area contributed by atoms with Crippen LogP contribution < -0.4 is 0 Å². The number of ether oxygens (including phenoxy) is 1. The van der Waals surface area contributed by atoms with Crippen molar-refractivity contribution in [3.8, 4) is 0 Å². The second-order valence-electron chi connectivity index (χ2n) is 4.22. The predicted molar refractivity (Wildman–Crippen MR) is 58.8 cm³/mol. The number of aryl methyl sites for hydroxylation is 2. The Morgan fingerprint density at radius 1 is 1.33 bits per heavy atom. The topological polar surface area (TPSA) is 35.0 Å². The molecule has 15 heavy (non-hydrogen) atoms. The van der Waals surface area contributed by atoms with E-state index in [1.54, 1.807) is 0 Å². The minimum atomic E-state index is 0.423. The van der Waals surface area contributed by atoms with Crippen molar-refractivity contribution in [2.75, 3.05) is 7.11 Å². The van der Waals surface area contributed by atoms with E-state index in [2.05, 4.69) is 17.1 Å². The second kappa shape index (κ2) is 4.71. The molecule has 1 heterocycles. The van der Waals surface area contributed by atoms with Gasteiger partial charge in [0, 0.05) is 7.11 Å². The number of nitrogens with zero attached hydrogens (tertiary/aromatic N) is 2. The fourth-order valence-corrected chi connectivity index (χ4v) is 2.32. The van der Waals surface area contributed by atoms with Crippen molar-refractivity contribution in [2.45, 2.75) is 45.1 Å². The molecule has 1 aromatic rings. The number of hydrogen-bond acceptors (Lipinski definition) is 3. The van der Waals surface area contributed by atoms with E-state index < -0.39 is 0 Å². The Bertz CT molecular complexity index is 338. The Balaban J connectivity index is 2.21. The summed E-state index contributed by atoms with van der Waals surface area (Å²) in [6.07, 6.45) is 8.00. The molecule has 0 spiro atoms. The van der Waals surface area contributed by atoms with Gasteiger partial charge in [-0.05, 0) is 50.2 Å². The molecule has 1 unspecified atom stereocenters. The van der Waals surface area contributed by atoms with Crippen LogP contribution in [0.4, 0.5) is 0 Å². The largest absolute Gasteiger partial charge is 0.381 e. The van der Waals surface area contributed by atoms with Crippen LogP contribution in [0.3, 0.4) is 0 Å². The first-order valence-electron chi connectivity index (χ1n) is 5.64. The zero-order valence-corrected chi connectivity index (χ0v) is 9.49. The molecule has 0 N–H and O–H groups in total. The molecule has 82 valence electrons. The van der Waals surface area contributed by atoms with Gasteiger partial charge in [-0.25, -0.2) is 0 Å². The summed E-state index contributed by atoms with van der Waals surface area (Å²) in [6, 6.07) is 0. The molecular weight excluding hydrogens is 188 g/mol. The monoisotopic (exact) mass is 206 g/mol. The Morgan fingerprint density at radius 3 is 3.00 bits per heavy atom. The summed E-state index contributed by atoms with van der Waals surface area (Å²) in [7, 11) is 1.81. The molecule has 0 saturated heterocycles. The minimum absolute atomic E-state index is 0.423. The highest BCUT2D eigenvalue weighted by Crippen LogP contribution is 2.22. The van der Waals surface area contributed by atoms with Crippen molar-refractivity contribution in [3.05, 3.63) is 23.0 Å². The van der Waals surface area contributed by atoms with Crippen LogP contribution in [0.25, 0.3) is 0 Å². The SMILES string of the molecule is COC1CCCc2c(cnnc2C)CC1. The van der Waals surface area contributed by atoms with Gasteiger partial charge in [0.25, 0.3) is 0 Å². The number of fused-ring (bicyclic) bond motifs is 1. The maximum atomic E-state index is 5.44. The van der Waals surface area contributed by atoms with Crippen LogP contribution in [0.2, 0.25) is 0 Å². The highest BCUT2D eigenvalue weighted by Gasteiger charge is 2.15. The molecule has 1 atom stereocenters. The van der Waals surface area contributed by atoms with Gasteiger partial charge in [0.2, 0.25) is 0 Å². The first-order chi connectivity index (χ1) is 7.31. The lowest BCUT2D eigenvalue weighted by atomic mass is 9.92. The fraction of sp³-hybridized carbons (Fsp3) is 0.667. The van der Waals surface area contributed by atoms with Gasteiger partial charge in [-0.3, -0.25) is 0 Å². The van der Waals surface area contributed by atoms with Crippen LogP contribution in [-0.2, 0) is 17.6 Å². The molecule has 1 aromatic heterocycles. The summed E-state index contributed by atoms with van der Waals surface area (Å²) < 4.78 is 5.44. The lowest BCUT2D eigenvalue weighted by molar-refractivity contribution is 0.0852. The van der Waals surface area contributed by atoms with E-state index in [0.29, 0.717) is 6.10 Å². The van der Waals surface area contributed by atoms with Crippen LogP contribution in [-0.4, -0.2) is 23.4 Å². The van der Waals surface area contributed by atoms with Gasteiger partial charge in [-0.15, -0.1) is 0 Å². The maximum Gasteiger partial charge on any atom is 0.0634 e. The van der Waals surface area contributed by atoms with Crippen LogP contribution in [0, 0.1) is 6.92 Å². The quantitative estimate of drug-likeness (QED) is 0.705. The molecule has 0 aromatic carbocycles. The lowest BCUT2D eigenvalue weighted by Crippen LogP contribution is -2.16. The van der Waals surface area contributed by atoms with Crippen molar-refractivity contribution in [1.29, 1.82) is 0 Å². The van der Waals surface area contributed by atoms with E-state index in [0.717, 1.165) is 31.4 Å². The molecule has 1 aliphatic rings. The lowest BCUT2D eigenvalue weighted by Gasteiger charge is -2.20. The van der Waals surface area contributed by atoms with E-state index in [-0.39, 0.29) is 0 Å². The Kier molecular flexibility index (Phi) is 3.31. The van der Waals surface area contributed by atoms with Crippen molar-refractivity contribution in [1.82, 2.24) is 10.2 Å².